The molecule has 0 spiro atoms. The van der Waals surface area contributed by atoms with Crippen LogP contribution in [-0.2, 0) is 10.0 Å². The number of sulfonamides is 1. The zero-order chi connectivity index (χ0) is 21.0. The maximum atomic E-state index is 14.4. The van der Waals surface area contributed by atoms with Gasteiger partial charge in [-0.15, -0.1) is 4.83 Å². The largest absolute Gasteiger partial charge is 0.316 e. The van der Waals surface area contributed by atoms with Gasteiger partial charge in [0.1, 0.15) is 0 Å². The van der Waals surface area contributed by atoms with Gasteiger partial charge in [-0.2, -0.15) is 0 Å². The Morgan fingerprint density at radius 2 is 2.07 bits per heavy atom. The van der Waals surface area contributed by atoms with Gasteiger partial charge in [0.25, 0.3) is 5.91 Å². The lowest BCUT2D eigenvalue weighted by molar-refractivity contribution is 0.0941. The van der Waals surface area contributed by atoms with Gasteiger partial charge in [-0.05, 0) is 62.0 Å². The molecule has 1 heterocycles. The maximum absolute atomic E-state index is 14.4. The smallest absolute Gasteiger partial charge is 0.269 e. The Morgan fingerprint density at radius 1 is 1.28 bits per heavy atom. The molecule has 1 saturated heterocycles. The van der Waals surface area contributed by atoms with E-state index >= 15 is 0 Å². The highest BCUT2D eigenvalue weighted by Crippen LogP contribution is 2.28. The SMILES string of the molecule is Cc1cccc(-c2cc(Cl)c(F)c(C(=O)NNS(=O)(=O)C[C@H]3CCCNC3)c2)c1. The summed E-state index contributed by atoms with van der Waals surface area (Å²) in [6.45, 7) is 3.40. The summed E-state index contributed by atoms with van der Waals surface area (Å²) in [5.41, 5.74) is 4.08. The van der Waals surface area contributed by atoms with Crippen molar-refractivity contribution >= 4 is 27.5 Å². The van der Waals surface area contributed by atoms with Crippen LogP contribution in [0.15, 0.2) is 36.4 Å². The van der Waals surface area contributed by atoms with Crippen molar-refractivity contribution in [2.75, 3.05) is 18.8 Å². The Morgan fingerprint density at radius 3 is 2.76 bits per heavy atom. The number of halogens is 2. The Kier molecular flexibility index (Phi) is 6.89. The molecule has 0 radical (unpaired) electrons. The molecule has 9 heteroatoms. The van der Waals surface area contributed by atoms with Crippen molar-refractivity contribution in [3.05, 3.63) is 58.4 Å². The van der Waals surface area contributed by atoms with Gasteiger partial charge in [-0.25, -0.2) is 12.8 Å². The van der Waals surface area contributed by atoms with E-state index in [9.17, 15) is 17.6 Å². The number of nitrogens with one attached hydrogen (secondary N) is 3. The van der Waals surface area contributed by atoms with Gasteiger partial charge in [-0.3, -0.25) is 10.2 Å². The van der Waals surface area contributed by atoms with Crippen LogP contribution >= 0.6 is 11.6 Å². The van der Waals surface area contributed by atoms with Crippen molar-refractivity contribution in [3.63, 3.8) is 0 Å². The number of hydrazine groups is 1. The normalized spacial score (nSPS) is 17.1. The molecule has 1 fully saturated rings. The van der Waals surface area contributed by atoms with Gasteiger partial charge in [0.2, 0.25) is 10.0 Å². The van der Waals surface area contributed by atoms with E-state index in [1.54, 1.807) is 0 Å². The van der Waals surface area contributed by atoms with E-state index in [0.29, 0.717) is 12.1 Å². The van der Waals surface area contributed by atoms with Crippen LogP contribution in [0.5, 0.6) is 0 Å². The number of amides is 1. The van der Waals surface area contributed by atoms with E-state index in [4.69, 9.17) is 11.6 Å². The molecule has 156 valence electrons. The molecule has 1 aliphatic heterocycles. The van der Waals surface area contributed by atoms with Crippen molar-refractivity contribution in [3.8, 4) is 11.1 Å². The first-order valence-corrected chi connectivity index (χ1v) is 11.3. The predicted molar refractivity (Wildman–Crippen MR) is 112 cm³/mol. The first kappa shape index (κ1) is 21.7. The molecule has 0 bridgehead atoms. The number of aryl methyl sites for hydroxylation is 1. The van der Waals surface area contributed by atoms with Crippen LogP contribution < -0.4 is 15.6 Å². The molecule has 1 amide bonds. The van der Waals surface area contributed by atoms with Gasteiger partial charge in [0.05, 0.1) is 16.3 Å². The third-order valence-corrected chi connectivity index (χ3v) is 6.40. The predicted octanol–water partition coefficient (Wildman–Crippen LogP) is 3.02. The fourth-order valence-corrected chi connectivity index (χ4v) is 4.81. The Balaban J connectivity index is 1.74. The van der Waals surface area contributed by atoms with Crippen LogP contribution in [0.1, 0.15) is 28.8 Å². The molecule has 29 heavy (non-hydrogen) atoms. The fraction of sp³-hybridized carbons (Fsp3) is 0.350. The molecule has 0 saturated carbocycles. The van der Waals surface area contributed by atoms with E-state index < -0.39 is 21.7 Å². The average Bonchev–Trinajstić information content (AvgIpc) is 2.68. The van der Waals surface area contributed by atoms with Crippen LogP contribution in [0.3, 0.4) is 0 Å². The zero-order valence-corrected chi connectivity index (χ0v) is 17.5. The minimum atomic E-state index is -3.75. The highest BCUT2D eigenvalue weighted by Gasteiger charge is 2.23. The van der Waals surface area contributed by atoms with Crippen LogP contribution in [-0.4, -0.2) is 33.2 Å². The van der Waals surface area contributed by atoms with Crippen LogP contribution in [0.25, 0.3) is 11.1 Å². The number of carbonyl (C=O) groups is 1. The fourth-order valence-electron chi connectivity index (χ4n) is 3.36. The minimum Gasteiger partial charge on any atom is -0.316 e. The molecule has 3 rings (SSSR count). The van der Waals surface area contributed by atoms with Gasteiger partial charge < -0.3 is 5.32 Å². The van der Waals surface area contributed by atoms with Crippen molar-refractivity contribution in [2.24, 2.45) is 5.92 Å². The summed E-state index contributed by atoms with van der Waals surface area (Å²) in [6, 6.07) is 10.2. The molecule has 6 nitrogen and oxygen atoms in total. The Labute approximate surface area is 174 Å². The second-order valence-corrected chi connectivity index (χ2v) is 9.41. The van der Waals surface area contributed by atoms with E-state index in [1.165, 1.54) is 12.1 Å². The summed E-state index contributed by atoms with van der Waals surface area (Å²) in [4.78, 5) is 14.5. The van der Waals surface area contributed by atoms with Crippen molar-refractivity contribution in [1.29, 1.82) is 0 Å². The number of rotatable bonds is 6. The quantitative estimate of drug-likeness (QED) is 0.604. The zero-order valence-electron chi connectivity index (χ0n) is 16.0. The second kappa shape index (κ2) is 9.21. The lowest BCUT2D eigenvalue weighted by Crippen LogP contribution is -2.45. The summed E-state index contributed by atoms with van der Waals surface area (Å²) in [5.74, 6) is -1.97. The summed E-state index contributed by atoms with van der Waals surface area (Å²) < 4.78 is 38.9. The monoisotopic (exact) mass is 439 g/mol. The van der Waals surface area contributed by atoms with Crippen molar-refractivity contribution < 1.29 is 17.6 Å². The van der Waals surface area contributed by atoms with E-state index in [2.05, 4.69) is 15.6 Å². The maximum Gasteiger partial charge on any atom is 0.269 e. The third-order valence-electron chi connectivity index (χ3n) is 4.80. The lowest BCUT2D eigenvalue weighted by Gasteiger charge is -2.22. The van der Waals surface area contributed by atoms with Gasteiger partial charge in [0, 0.05) is 0 Å². The van der Waals surface area contributed by atoms with Crippen LogP contribution in [0.4, 0.5) is 4.39 Å². The average molecular weight is 440 g/mol. The number of carbonyl (C=O) groups excluding carboxylic acids is 1. The molecule has 2 aromatic carbocycles. The highest BCUT2D eigenvalue weighted by atomic mass is 35.5. The third kappa shape index (κ3) is 5.76. The number of hydrogen-bond donors (Lipinski definition) is 3. The van der Waals surface area contributed by atoms with Gasteiger partial charge in [0.15, 0.2) is 5.82 Å². The number of hydrogen-bond acceptors (Lipinski definition) is 4. The molecule has 1 aliphatic rings. The van der Waals surface area contributed by atoms with E-state index in [1.807, 2.05) is 31.2 Å². The standard InChI is InChI=1S/C20H23ClFN3O3S/c1-13-4-2-6-15(8-13)16-9-17(19(22)18(21)10-16)20(26)24-25-29(27,28)12-14-5-3-7-23-11-14/h2,4,6,8-10,14,23,25H,3,5,7,11-12H2,1H3,(H,24,26)/t14-/m0/s1. The Hall–Kier alpha value is -2.00. The summed E-state index contributed by atoms with van der Waals surface area (Å²) in [5, 5.41) is 2.93. The molecule has 0 aromatic heterocycles. The summed E-state index contributed by atoms with van der Waals surface area (Å²) in [7, 11) is -3.75. The first-order valence-electron chi connectivity index (χ1n) is 9.32. The molecule has 3 N–H and O–H groups in total. The lowest BCUT2D eigenvalue weighted by atomic mass is 10.0. The van der Waals surface area contributed by atoms with Crippen molar-refractivity contribution in [2.45, 2.75) is 19.8 Å². The molecular weight excluding hydrogens is 417 g/mol. The summed E-state index contributed by atoms with van der Waals surface area (Å²) >= 11 is 5.97. The highest BCUT2D eigenvalue weighted by molar-refractivity contribution is 7.89. The van der Waals surface area contributed by atoms with Crippen LogP contribution in [0.2, 0.25) is 5.02 Å². The van der Waals surface area contributed by atoms with Crippen LogP contribution in [0, 0.1) is 18.7 Å². The van der Waals surface area contributed by atoms with Gasteiger partial charge >= 0.3 is 0 Å². The van der Waals surface area contributed by atoms with E-state index in [-0.39, 0.29) is 22.3 Å². The molecule has 0 unspecified atom stereocenters. The minimum absolute atomic E-state index is 0.0334. The molecular formula is C20H23ClFN3O3S. The van der Waals surface area contributed by atoms with Crippen molar-refractivity contribution in [1.82, 2.24) is 15.6 Å². The molecule has 1 atom stereocenters. The number of benzene rings is 2. The topological polar surface area (TPSA) is 87.3 Å². The summed E-state index contributed by atoms with van der Waals surface area (Å²) in [6.07, 6.45) is 1.70. The molecule has 0 aliphatic carbocycles. The van der Waals surface area contributed by atoms with E-state index in [0.717, 1.165) is 30.5 Å². The number of piperidine rings is 1. The second-order valence-electron chi connectivity index (χ2n) is 7.24. The Bertz CT molecular complexity index is 1010. The molecule has 2 aromatic rings. The van der Waals surface area contributed by atoms with Gasteiger partial charge in [-0.1, -0.05) is 41.4 Å². The first-order chi connectivity index (χ1) is 13.7.